The first-order valence-electron chi connectivity index (χ1n) is 7.98. The molecule has 1 amide bonds. The zero-order valence-electron chi connectivity index (χ0n) is 12.6. The molecule has 2 heterocycles. The van der Waals surface area contributed by atoms with Gasteiger partial charge in [0.2, 0.25) is 0 Å². The SMILES string of the molecule is O=C(NCC1OCC(NC2CCCC2)C1O)c1ccncc1. The quantitative estimate of drug-likeness (QED) is 0.736. The highest BCUT2D eigenvalue weighted by molar-refractivity contribution is 5.93. The number of aliphatic hydroxyl groups excluding tert-OH is 1. The van der Waals surface area contributed by atoms with E-state index in [9.17, 15) is 9.90 Å². The summed E-state index contributed by atoms with van der Waals surface area (Å²) in [6, 6.07) is 3.77. The van der Waals surface area contributed by atoms with Crippen LogP contribution in [0.15, 0.2) is 24.5 Å². The fourth-order valence-corrected chi connectivity index (χ4v) is 3.20. The predicted molar refractivity (Wildman–Crippen MR) is 81.5 cm³/mol. The molecule has 0 bridgehead atoms. The van der Waals surface area contributed by atoms with Gasteiger partial charge in [-0.15, -0.1) is 0 Å². The van der Waals surface area contributed by atoms with Gasteiger partial charge in [-0.2, -0.15) is 0 Å². The Balaban J connectivity index is 1.46. The van der Waals surface area contributed by atoms with Crippen LogP contribution < -0.4 is 10.6 Å². The Morgan fingerprint density at radius 2 is 2.05 bits per heavy atom. The van der Waals surface area contributed by atoms with Crippen molar-refractivity contribution in [2.45, 2.75) is 50.0 Å². The van der Waals surface area contributed by atoms with Crippen molar-refractivity contribution in [1.29, 1.82) is 0 Å². The third-order valence-electron chi connectivity index (χ3n) is 4.49. The maximum absolute atomic E-state index is 12.0. The van der Waals surface area contributed by atoms with Crippen LogP contribution in [0.1, 0.15) is 36.0 Å². The van der Waals surface area contributed by atoms with Gasteiger partial charge in [-0.05, 0) is 25.0 Å². The molecule has 6 nitrogen and oxygen atoms in total. The van der Waals surface area contributed by atoms with Gasteiger partial charge in [0.15, 0.2) is 0 Å². The molecule has 3 N–H and O–H groups in total. The molecule has 3 atom stereocenters. The van der Waals surface area contributed by atoms with E-state index in [0.29, 0.717) is 24.8 Å². The first-order chi connectivity index (χ1) is 10.7. The van der Waals surface area contributed by atoms with Crippen molar-refractivity contribution >= 4 is 5.91 Å². The number of aliphatic hydroxyl groups is 1. The number of hydrogen-bond acceptors (Lipinski definition) is 5. The van der Waals surface area contributed by atoms with Crippen LogP contribution in [0.3, 0.4) is 0 Å². The first kappa shape index (κ1) is 15.4. The molecular formula is C16H23N3O3. The van der Waals surface area contributed by atoms with E-state index in [1.807, 2.05) is 0 Å². The second-order valence-corrected chi connectivity index (χ2v) is 6.06. The minimum absolute atomic E-state index is 0.0362. The van der Waals surface area contributed by atoms with Crippen LogP contribution in [0, 0.1) is 0 Å². The fourth-order valence-electron chi connectivity index (χ4n) is 3.20. The molecule has 1 saturated heterocycles. The average Bonchev–Trinajstić information content (AvgIpc) is 3.18. The summed E-state index contributed by atoms with van der Waals surface area (Å²) >= 11 is 0. The molecule has 1 aromatic heterocycles. The molecule has 0 aromatic carbocycles. The number of amides is 1. The lowest BCUT2D eigenvalue weighted by Gasteiger charge is -2.22. The van der Waals surface area contributed by atoms with Gasteiger partial charge in [-0.25, -0.2) is 0 Å². The number of ether oxygens (including phenoxy) is 1. The summed E-state index contributed by atoms with van der Waals surface area (Å²) in [6.45, 7) is 0.804. The van der Waals surface area contributed by atoms with Crippen molar-refractivity contribution in [1.82, 2.24) is 15.6 Å². The molecule has 22 heavy (non-hydrogen) atoms. The standard InChI is InChI=1S/C16H23N3O3/c20-15-13(19-12-3-1-2-4-12)10-22-14(15)9-18-16(21)11-5-7-17-8-6-11/h5-8,12-15,19-20H,1-4,9-10H2,(H,18,21). The van der Waals surface area contributed by atoms with E-state index in [1.54, 1.807) is 24.5 Å². The molecule has 0 radical (unpaired) electrons. The van der Waals surface area contributed by atoms with E-state index in [0.717, 1.165) is 0 Å². The summed E-state index contributed by atoms with van der Waals surface area (Å²) in [7, 11) is 0. The molecule has 2 fully saturated rings. The van der Waals surface area contributed by atoms with Gasteiger partial charge in [-0.1, -0.05) is 12.8 Å². The second kappa shape index (κ2) is 7.17. The van der Waals surface area contributed by atoms with Crippen LogP contribution in [-0.4, -0.2) is 53.4 Å². The van der Waals surface area contributed by atoms with E-state index < -0.39 is 6.10 Å². The van der Waals surface area contributed by atoms with E-state index in [2.05, 4.69) is 15.6 Å². The van der Waals surface area contributed by atoms with Gasteiger partial charge in [0, 0.05) is 30.5 Å². The second-order valence-electron chi connectivity index (χ2n) is 6.06. The Morgan fingerprint density at radius 3 is 2.77 bits per heavy atom. The van der Waals surface area contributed by atoms with Crippen molar-refractivity contribution in [2.75, 3.05) is 13.2 Å². The lowest BCUT2D eigenvalue weighted by atomic mass is 10.1. The van der Waals surface area contributed by atoms with Gasteiger partial charge >= 0.3 is 0 Å². The Bertz CT molecular complexity index is 491. The van der Waals surface area contributed by atoms with E-state index in [1.165, 1.54) is 25.7 Å². The van der Waals surface area contributed by atoms with Crippen LogP contribution >= 0.6 is 0 Å². The fraction of sp³-hybridized carbons (Fsp3) is 0.625. The summed E-state index contributed by atoms with van der Waals surface area (Å²) in [5, 5.41) is 16.6. The molecule has 120 valence electrons. The molecule has 1 saturated carbocycles. The maximum atomic E-state index is 12.0. The third kappa shape index (κ3) is 3.63. The number of nitrogens with one attached hydrogen (secondary N) is 2. The highest BCUT2D eigenvalue weighted by Crippen LogP contribution is 2.21. The van der Waals surface area contributed by atoms with Gasteiger partial charge < -0.3 is 20.5 Å². The number of aromatic nitrogens is 1. The highest BCUT2D eigenvalue weighted by Gasteiger charge is 2.37. The lowest BCUT2D eigenvalue weighted by molar-refractivity contribution is 0.0396. The van der Waals surface area contributed by atoms with Crippen LogP contribution in [0.4, 0.5) is 0 Å². The minimum atomic E-state index is -0.585. The molecule has 6 heteroatoms. The highest BCUT2D eigenvalue weighted by atomic mass is 16.5. The summed E-state index contributed by atoms with van der Waals surface area (Å²) in [4.78, 5) is 15.9. The molecule has 3 unspecified atom stereocenters. The zero-order valence-corrected chi connectivity index (χ0v) is 12.6. The van der Waals surface area contributed by atoms with E-state index >= 15 is 0 Å². The molecule has 0 spiro atoms. The van der Waals surface area contributed by atoms with Crippen molar-refractivity contribution in [3.05, 3.63) is 30.1 Å². The lowest BCUT2D eigenvalue weighted by Crippen LogP contribution is -2.47. The molecule has 1 aromatic rings. The number of hydrogen-bond donors (Lipinski definition) is 3. The zero-order chi connectivity index (χ0) is 15.4. The number of rotatable bonds is 5. The van der Waals surface area contributed by atoms with Gasteiger partial charge in [0.25, 0.3) is 5.91 Å². The van der Waals surface area contributed by atoms with Crippen LogP contribution in [0.5, 0.6) is 0 Å². The van der Waals surface area contributed by atoms with Gasteiger partial charge in [0.1, 0.15) is 6.10 Å². The topological polar surface area (TPSA) is 83.5 Å². The minimum Gasteiger partial charge on any atom is -0.389 e. The monoisotopic (exact) mass is 305 g/mol. The summed E-state index contributed by atoms with van der Waals surface area (Å²) in [5.41, 5.74) is 0.558. The Labute approximate surface area is 130 Å². The number of carbonyl (C=O) groups is 1. The van der Waals surface area contributed by atoms with Crippen molar-refractivity contribution in [3.63, 3.8) is 0 Å². The average molecular weight is 305 g/mol. The van der Waals surface area contributed by atoms with Crippen LogP contribution in [0.25, 0.3) is 0 Å². The summed E-state index contributed by atoms with van der Waals surface area (Å²) < 4.78 is 5.63. The van der Waals surface area contributed by atoms with Crippen molar-refractivity contribution in [3.8, 4) is 0 Å². The summed E-state index contributed by atoms with van der Waals surface area (Å²) in [5.74, 6) is -0.176. The van der Waals surface area contributed by atoms with Gasteiger partial charge in [0.05, 0.1) is 18.8 Å². The predicted octanol–water partition coefficient (Wildman–Crippen LogP) is 0.472. The Morgan fingerprint density at radius 1 is 1.32 bits per heavy atom. The smallest absolute Gasteiger partial charge is 0.251 e. The molecule has 2 aliphatic rings. The van der Waals surface area contributed by atoms with E-state index in [4.69, 9.17) is 4.74 Å². The largest absolute Gasteiger partial charge is 0.389 e. The van der Waals surface area contributed by atoms with E-state index in [-0.39, 0.29) is 18.1 Å². The Kier molecular flexibility index (Phi) is 5.02. The summed E-state index contributed by atoms with van der Waals surface area (Å²) in [6.07, 6.45) is 7.08. The third-order valence-corrected chi connectivity index (χ3v) is 4.49. The molecule has 3 rings (SSSR count). The molecule has 1 aliphatic heterocycles. The number of carbonyl (C=O) groups excluding carboxylic acids is 1. The molecular weight excluding hydrogens is 282 g/mol. The van der Waals surface area contributed by atoms with Gasteiger partial charge in [-0.3, -0.25) is 9.78 Å². The first-order valence-corrected chi connectivity index (χ1v) is 7.98. The van der Waals surface area contributed by atoms with Crippen LogP contribution in [0.2, 0.25) is 0 Å². The number of pyridine rings is 1. The Hall–Kier alpha value is -1.50. The number of nitrogens with zero attached hydrogens (tertiary/aromatic N) is 1. The normalized spacial score (nSPS) is 28.9. The van der Waals surface area contributed by atoms with Crippen molar-refractivity contribution < 1.29 is 14.6 Å². The van der Waals surface area contributed by atoms with Crippen molar-refractivity contribution in [2.24, 2.45) is 0 Å². The maximum Gasteiger partial charge on any atom is 0.251 e. The van der Waals surface area contributed by atoms with Crippen LogP contribution in [-0.2, 0) is 4.74 Å². The molecule has 1 aliphatic carbocycles.